The number of rotatable bonds is 16. The number of carbonyl (C=O) groups excluding carboxylic acids is 2. The van der Waals surface area contributed by atoms with Gasteiger partial charge in [-0.05, 0) is 74.5 Å². The normalized spacial score (nSPS) is 30.1. The lowest BCUT2D eigenvalue weighted by Crippen LogP contribution is -2.37. The van der Waals surface area contributed by atoms with Gasteiger partial charge in [0.25, 0.3) is 0 Å². The third-order valence-electron chi connectivity index (χ3n) is 10.6. The van der Waals surface area contributed by atoms with E-state index in [-0.39, 0.29) is 31.3 Å². The first-order valence-corrected chi connectivity index (χ1v) is 16.6. The van der Waals surface area contributed by atoms with Crippen molar-refractivity contribution in [2.75, 3.05) is 26.4 Å². The maximum absolute atomic E-state index is 12.2. The van der Waals surface area contributed by atoms with Gasteiger partial charge in [-0.1, -0.05) is 84.1 Å². The molecule has 3 aliphatic carbocycles. The monoisotopic (exact) mass is 562 g/mol. The number of hydrogen-bond acceptors (Lipinski definition) is 6. The predicted molar refractivity (Wildman–Crippen MR) is 158 cm³/mol. The summed E-state index contributed by atoms with van der Waals surface area (Å²) in [6.45, 7) is 7.17. The number of aliphatic hydroxyl groups excluding tert-OH is 2. The summed E-state index contributed by atoms with van der Waals surface area (Å²) in [5.41, 5.74) is 0.0340. The molecule has 0 amide bonds. The minimum Gasteiger partial charge on any atom is -0.465 e. The fourth-order valence-electron chi connectivity index (χ4n) is 7.75. The lowest BCUT2D eigenvalue weighted by Gasteiger charge is -2.44. The lowest BCUT2D eigenvalue weighted by molar-refractivity contribution is -0.153. The Balaban J connectivity index is 1.43. The van der Waals surface area contributed by atoms with Gasteiger partial charge >= 0.3 is 11.9 Å². The van der Waals surface area contributed by atoms with Crippen molar-refractivity contribution in [1.82, 2.24) is 0 Å². The van der Waals surface area contributed by atoms with E-state index in [0.717, 1.165) is 36.5 Å². The van der Waals surface area contributed by atoms with E-state index in [9.17, 15) is 19.8 Å². The Hall–Kier alpha value is -1.40. The van der Waals surface area contributed by atoms with E-state index in [1.54, 1.807) is 6.92 Å². The van der Waals surface area contributed by atoms with Crippen LogP contribution in [0.5, 0.6) is 0 Å². The van der Waals surface area contributed by atoms with Crippen molar-refractivity contribution in [1.29, 1.82) is 0 Å². The molecule has 0 spiro atoms. The molecule has 3 saturated carbocycles. The maximum atomic E-state index is 12.2. The van der Waals surface area contributed by atoms with Gasteiger partial charge in [0.15, 0.2) is 0 Å². The topological polar surface area (TPSA) is 93.1 Å². The molecule has 6 unspecified atom stereocenters. The highest BCUT2D eigenvalue weighted by atomic mass is 16.5. The van der Waals surface area contributed by atoms with Crippen LogP contribution in [-0.4, -0.2) is 48.6 Å². The van der Waals surface area contributed by atoms with Gasteiger partial charge in [0, 0.05) is 5.92 Å². The van der Waals surface area contributed by atoms with Crippen LogP contribution in [-0.2, 0) is 19.1 Å². The van der Waals surface area contributed by atoms with Crippen LogP contribution in [0.4, 0.5) is 0 Å². The fourth-order valence-corrected chi connectivity index (χ4v) is 7.75. The molecule has 0 aliphatic heterocycles. The van der Waals surface area contributed by atoms with E-state index in [4.69, 9.17) is 9.47 Å². The molecule has 230 valence electrons. The van der Waals surface area contributed by atoms with Crippen LogP contribution >= 0.6 is 0 Å². The number of ether oxygens (including phenoxy) is 2. The molecule has 40 heavy (non-hydrogen) atoms. The summed E-state index contributed by atoms with van der Waals surface area (Å²) in [5.74, 6) is 2.99. The molecule has 3 rings (SSSR count). The molecule has 0 aromatic heterocycles. The van der Waals surface area contributed by atoms with E-state index in [0.29, 0.717) is 11.8 Å². The second kappa shape index (κ2) is 17.5. The summed E-state index contributed by atoms with van der Waals surface area (Å²) in [4.78, 5) is 24.4. The Morgan fingerprint density at radius 1 is 0.800 bits per heavy atom. The number of unbranched alkanes of at least 4 members (excludes halogenated alkanes) is 2. The van der Waals surface area contributed by atoms with Gasteiger partial charge in [-0.25, -0.2) is 4.79 Å². The highest BCUT2D eigenvalue weighted by Crippen LogP contribution is 2.48. The van der Waals surface area contributed by atoms with Crippen LogP contribution in [0.15, 0.2) is 12.2 Å². The largest absolute Gasteiger partial charge is 0.465 e. The Kier molecular flexibility index (Phi) is 14.5. The van der Waals surface area contributed by atoms with Crippen LogP contribution in [0.3, 0.4) is 0 Å². The zero-order valence-electron chi connectivity index (χ0n) is 25.5. The van der Waals surface area contributed by atoms with E-state index in [2.05, 4.69) is 13.5 Å². The molecule has 0 saturated heterocycles. The van der Waals surface area contributed by atoms with Crippen molar-refractivity contribution < 1.29 is 29.3 Å². The molecular weight excluding hydrogens is 504 g/mol. The van der Waals surface area contributed by atoms with Crippen molar-refractivity contribution in [2.24, 2.45) is 47.3 Å². The zero-order valence-corrected chi connectivity index (χ0v) is 25.5. The van der Waals surface area contributed by atoms with Crippen molar-refractivity contribution in [3.63, 3.8) is 0 Å². The SMILES string of the molecule is C=C(CO)C(=O)OCC(COC(=O)C(C)CO)C1CCC2CC(CCC3CCC(CCCCC)CC3)CCC2C1. The van der Waals surface area contributed by atoms with Gasteiger partial charge in [0.2, 0.25) is 0 Å². The quantitative estimate of drug-likeness (QED) is 0.121. The smallest absolute Gasteiger partial charge is 0.335 e. The number of fused-ring (bicyclic) bond motifs is 1. The highest BCUT2D eigenvalue weighted by Gasteiger charge is 2.39. The summed E-state index contributed by atoms with van der Waals surface area (Å²) in [6, 6.07) is 0. The molecule has 0 heterocycles. The fraction of sp³-hybridized carbons (Fsp3) is 0.882. The first kappa shape index (κ1) is 33.1. The molecule has 0 aromatic rings. The minimum atomic E-state index is -0.596. The Bertz CT molecular complexity index is 772. The average molecular weight is 563 g/mol. The molecule has 6 atom stereocenters. The van der Waals surface area contributed by atoms with Crippen LogP contribution in [0.25, 0.3) is 0 Å². The molecule has 6 heteroatoms. The third-order valence-corrected chi connectivity index (χ3v) is 10.6. The number of aliphatic hydroxyl groups is 2. The van der Waals surface area contributed by atoms with Gasteiger partial charge in [-0.15, -0.1) is 0 Å². The highest BCUT2D eigenvalue weighted by molar-refractivity contribution is 5.87. The van der Waals surface area contributed by atoms with Crippen LogP contribution < -0.4 is 0 Å². The standard InChI is InChI=1S/C34H58O6/c1-4-5-6-7-26-8-10-27(11-9-26)12-13-28-14-15-30-19-31(17-16-29(30)18-28)32(22-39-33(37)24(2)20-35)23-40-34(38)25(3)21-36/h25-32,35-36H,2,4-23H2,1,3H3. The summed E-state index contributed by atoms with van der Waals surface area (Å²) in [7, 11) is 0. The summed E-state index contributed by atoms with van der Waals surface area (Å²) >= 11 is 0. The van der Waals surface area contributed by atoms with E-state index in [1.165, 1.54) is 89.9 Å². The van der Waals surface area contributed by atoms with E-state index in [1.807, 2.05) is 0 Å². The average Bonchev–Trinajstić information content (AvgIpc) is 2.99. The van der Waals surface area contributed by atoms with Crippen molar-refractivity contribution >= 4 is 11.9 Å². The van der Waals surface area contributed by atoms with Crippen molar-refractivity contribution in [2.45, 2.75) is 117 Å². The summed E-state index contributed by atoms with van der Waals surface area (Å²) in [6.07, 6.45) is 21.6. The summed E-state index contributed by atoms with van der Waals surface area (Å²) < 4.78 is 11.0. The predicted octanol–water partition coefficient (Wildman–Crippen LogP) is 6.87. The van der Waals surface area contributed by atoms with E-state index < -0.39 is 24.5 Å². The second-order valence-corrected chi connectivity index (χ2v) is 13.6. The zero-order chi connectivity index (χ0) is 28.9. The number of carbonyl (C=O) groups is 2. The first-order chi connectivity index (χ1) is 19.3. The third kappa shape index (κ3) is 10.5. The van der Waals surface area contributed by atoms with Gasteiger partial charge in [-0.3, -0.25) is 4.79 Å². The molecule has 2 N–H and O–H groups in total. The van der Waals surface area contributed by atoms with Gasteiger partial charge in [0.1, 0.15) is 0 Å². The Labute approximate surface area is 243 Å². The lowest BCUT2D eigenvalue weighted by atomic mass is 9.62. The van der Waals surface area contributed by atoms with Crippen molar-refractivity contribution in [3.05, 3.63) is 12.2 Å². The minimum absolute atomic E-state index is 0.0340. The molecule has 0 aromatic carbocycles. The van der Waals surface area contributed by atoms with E-state index >= 15 is 0 Å². The van der Waals surface area contributed by atoms with Crippen LogP contribution in [0, 0.1) is 47.3 Å². The number of hydrogen-bond donors (Lipinski definition) is 2. The van der Waals surface area contributed by atoms with Crippen LogP contribution in [0.2, 0.25) is 0 Å². The van der Waals surface area contributed by atoms with Gasteiger partial charge < -0.3 is 19.7 Å². The maximum Gasteiger partial charge on any atom is 0.335 e. The van der Waals surface area contributed by atoms with Crippen LogP contribution in [0.1, 0.15) is 117 Å². The second-order valence-electron chi connectivity index (χ2n) is 13.6. The molecule has 6 nitrogen and oxygen atoms in total. The Morgan fingerprint density at radius 2 is 1.40 bits per heavy atom. The molecule has 0 radical (unpaired) electrons. The molecule has 3 fully saturated rings. The van der Waals surface area contributed by atoms with Crippen molar-refractivity contribution in [3.8, 4) is 0 Å². The first-order valence-electron chi connectivity index (χ1n) is 16.6. The molecular formula is C34H58O6. The number of esters is 2. The Morgan fingerprint density at radius 3 is 2.08 bits per heavy atom. The summed E-state index contributed by atoms with van der Waals surface area (Å²) in [5, 5.41) is 18.5. The molecule has 0 bridgehead atoms. The molecule has 3 aliphatic rings. The van der Waals surface area contributed by atoms with Gasteiger partial charge in [0.05, 0.1) is 37.9 Å². The van der Waals surface area contributed by atoms with Gasteiger partial charge in [-0.2, -0.15) is 0 Å².